The normalized spacial score (nSPS) is 10.8. The fourth-order valence-electron chi connectivity index (χ4n) is 2.96. The van der Waals surface area contributed by atoms with Crippen molar-refractivity contribution in [3.8, 4) is 11.4 Å². The average molecular weight is 371 g/mol. The Morgan fingerprint density at radius 2 is 1.86 bits per heavy atom. The zero-order valence-electron chi connectivity index (χ0n) is 15.8. The molecule has 6 nitrogen and oxygen atoms in total. The second-order valence-corrected chi connectivity index (χ2v) is 6.78. The molecule has 1 amide bonds. The molecule has 0 unspecified atom stereocenters. The lowest BCUT2D eigenvalue weighted by molar-refractivity contribution is 0.0951. The third kappa shape index (κ3) is 3.71. The standard InChI is InChI=1S/C22H21N5O/c1-27(2)20-13-17(11-12-23-20)22(28)24-14-15-7-9-16(10-8-15)21-25-18-5-3-4-6-19(18)26-21/h3-13H,14H2,1-2H3,(H,24,28)(H,25,26). The van der Waals surface area contributed by atoms with Crippen molar-refractivity contribution in [1.29, 1.82) is 0 Å². The van der Waals surface area contributed by atoms with E-state index in [-0.39, 0.29) is 5.91 Å². The predicted molar refractivity (Wildman–Crippen MR) is 111 cm³/mol. The maximum Gasteiger partial charge on any atom is 0.251 e. The topological polar surface area (TPSA) is 73.9 Å². The van der Waals surface area contributed by atoms with Gasteiger partial charge in [-0.1, -0.05) is 36.4 Å². The highest BCUT2D eigenvalue weighted by Crippen LogP contribution is 2.20. The molecule has 0 saturated carbocycles. The number of nitrogens with zero attached hydrogens (tertiary/aromatic N) is 3. The molecule has 140 valence electrons. The number of carbonyl (C=O) groups is 1. The van der Waals surface area contributed by atoms with Crippen LogP contribution in [0.3, 0.4) is 0 Å². The summed E-state index contributed by atoms with van der Waals surface area (Å²) in [6, 6.07) is 19.5. The Morgan fingerprint density at radius 3 is 2.61 bits per heavy atom. The number of fused-ring (bicyclic) bond motifs is 1. The van der Waals surface area contributed by atoms with Gasteiger partial charge in [0.1, 0.15) is 11.6 Å². The maximum atomic E-state index is 12.4. The molecule has 2 heterocycles. The largest absolute Gasteiger partial charge is 0.363 e. The van der Waals surface area contributed by atoms with E-state index in [1.807, 2.05) is 67.5 Å². The number of anilines is 1. The van der Waals surface area contributed by atoms with Crippen LogP contribution in [0.2, 0.25) is 0 Å². The molecule has 0 saturated heterocycles. The van der Waals surface area contributed by atoms with Crippen molar-refractivity contribution < 1.29 is 4.79 Å². The minimum absolute atomic E-state index is 0.119. The molecule has 28 heavy (non-hydrogen) atoms. The molecule has 0 atom stereocenters. The molecule has 4 aromatic rings. The highest BCUT2D eigenvalue weighted by molar-refractivity contribution is 5.94. The van der Waals surface area contributed by atoms with E-state index in [2.05, 4.69) is 20.3 Å². The Bertz CT molecular complexity index is 1080. The summed E-state index contributed by atoms with van der Waals surface area (Å²) in [5, 5.41) is 2.95. The Hall–Kier alpha value is -3.67. The summed E-state index contributed by atoms with van der Waals surface area (Å²) in [6.45, 7) is 0.457. The van der Waals surface area contributed by atoms with Crippen LogP contribution in [0.15, 0.2) is 66.9 Å². The Kier molecular flexibility index (Phi) is 4.76. The van der Waals surface area contributed by atoms with Gasteiger partial charge in [0.15, 0.2) is 0 Å². The van der Waals surface area contributed by atoms with Gasteiger partial charge in [0.2, 0.25) is 0 Å². The number of amides is 1. The lowest BCUT2D eigenvalue weighted by atomic mass is 10.1. The zero-order chi connectivity index (χ0) is 19.5. The van der Waals surface area contributed by atoms with Gasteiger partial charge in [0.05, 0.1) is 11.0 Å². The molecule has 0 bridgehead atoms. The first-order valence-corrected chi connectivity index (χ1v) is 9.06. The van der Waals surface area contributed by atoms with Gasteiger partial charge in [0.25, 0.3) is 5.91 Å². The number of carbonyl (C=O) groups excluding carboxylic acids is 1. The number of rotatable bonds is 5. The van der Waals surface area contributed by atoms with Crippen molar-refractivity contribution in [1.82, 2.24) is 20.3 Å². The minimum atomic E-state index is -0.119. The van der Waals surface area contributed by atoms with E-state index in [0.29, 0.717) is 12.1 Å². The van der Waals surface area contributed by atoms with E-state index in [0.717, 1.165) is 33.8 Å². The summed E-state index contributed by atoms with van der Waals surface area (Å²) < 4.78 is 0. The summed E-state index contributed by atoms with van der Waals surface area (Å²) in [4.78, 5) is 26.4. The number of pyridine rings is 1. The van der Waals surface area contributed by atoms with Crippen molar-refractivity contribution >= 4 is 22.8 Å². The molecular weight excluding hydrogens is 350 g/mol. The third-order valence-electron chi connectivity index (χ3n) is 4.54. The molecule has 0 fully saturated rings. The van der Waals surface area contributed by atoms with E-state index in [1.165, 1.54) is 0 Å². The zero-order valence-corrected chi connectivity index (χ0v) is 15.8. The Morgan fingerprint density at radius 1 is 1.07 bits per heavy atom. The molecule has 2 aromatic heterocycles. The average Bonchev–Trinajstić information content (AvgIpc) is 3.16. The van der Waals surface area contributed by atoms with Crippen molar-refractivity contribution in [2.24, 2.45) is 0 Å². The molecule has 2 N–H and O–H groups in total. The molecule has 0 aliphatic carbocycles. The van der Waals surface area contributed by atoms with E-state index in [1.54, 1.807) is 18.3 Å². The van der Waals surface area contributed by atoms with Gasteiger partial charge in [-0.25, -0.2) is 9.97 Å². The summed E-state index contributed by atoms with van der Waals surface area (Å²) in [5.74, 6) is 1.47. The number of aromatic amines is 1. The number of para-hydroxylation sites is 2. The highest BCUT2D eigenvalue weighted by atomic mass is 16.1. The fraction of sp³-hybridized carbons (Fsp3) is 0.136. The molecule has 4 rings (SSSR count). The van der Waals surface area contributed by atoms with Gasteiger partial charge < -0.3 is 15.2 Å². The van der Waals surface area contributed by atoms with Crippen molar-refractivity contribution in [3.63, 3.8) is 0 Å². The van der Waals surface area contributed by atoms with Crippen LogP contribution < -0.4 is 10.2 Å². The number of nitrogens with one attached hydrogen (secondary N) is 2. The van der Waals surface area contributed by atoms with Gasteiger partial charge in [0, 0.05) is 38.0 Å². The quantitative estimate of drug-likeness (QED) is 0.562. The molecule has 0 radical (unpaired) electrons. The number of hydrogen-bond donors (Lipinski definition) is 2. The van der Waals surface area contributed by atoms with Crippen LogP contribution in [0, 0.1) is 0 Å². The first kappa shape index (κ1) is 17.7. The number of hydrogen-bond acceptors (Lipinski definition) is 4. The number of H-pyrrole nitrogens is 1. The number of aromatic nitrogens is 3. The second kappa shape index (κ2) is 7.52. The molecule has 2 aromatic carbocycles. The van der Waals surface area contributed by atoms with E-state index in [9.17, 15) is 4.79 Å². The van der Waals surface area contributed by atoms with Crippen LogP contribution in [0.4, 0.5) is 5.82 Å². The van der Waals surface area contributed by atoms with E-state index in [4.69, 9.17) is 0 Å². The molecule has 0 aliphatic rings. The van der Waals surface area contributed by atoms with Crippen molar-refractivity contribution in [3.05, 3.63) is 78.0 Å². The van der Waals surface area contributed by atoms with Crippen LogP contribution in [0.5, 0.6) is 0 Å². The van der Waals surface area contributed by atoms with Gasteiger partial charge in [-0.05, 0) is 29.8 Å². The summed E-state index contributed by atoms with van der Waals surface area (Å²) in [7, 11) is 3.79. The number of benzene rings is 2. The second-order valence-electron chi connectivity index (χ2n) is 6.78. The maximum absolute atomic E-state index is 12.4. The van der Waals surface area contributed by atoms with Gasteiger partial charge in [-0.15, -0.1) is 0 Å². The van der Waals surface area contributed by atoms with Crippen LogP contribution >= 0.6 is 0 Å². The minimum Gasteiger partial charge on any atom is -0.363 e. The lowest BCUT2D eigenvalue weighted by Gasteiger charge is -2.12. The van der Waals surface area contributed by atoms with Gasteiger partial charge in [-0.3, -0.25) is 4.79 Å². The summed E-state index contributed by atoms with van der Waals surface area (Å²) in [5.41, 5.74) is 4.59. The summed E-state index contributed by atoms with van der Waals surface area (Å²) >= 11 is 0. The van der Waals surface area contributed by atoms with Crippen molar-refractivity contribution in [2.45, 2.75) is 6.54 Å². The predicted octanol–water partition coefficient (Wildman–Crippen LogP) is 3.62. The molecule has 0 aliphatic heterocycles. The first-order chi connectivity index (χ1) is 13.6. The van der Waals surface area contributed by atoms with Gasteiger partial charge in [-0.2, -0.15) is 0 Å². The lowest BCUT2D eigenvalue weighted by Crippen LogP contribution is -2.23. The Balaban J connectivity index is 1.43. The highest BCUT2D eigenvalue weighted by Gasteiger charge is 2.09. The molecular formula is C22H21N5O. The van der Waals surface area contributed by atoms with Crippen LogP contribution in [-0.2, 0) is 6.54 Å². The molecule has 6 heteroatoms. The van der Waals surface area contributed by atoms with Crippen LogP contribution in [0.1, 0.15) is 15.9 Å². The Labute approximate surface area is 163 Å². The monoisotopic (exact) mass is 371 g/mol. The van der Waals surface area contributed by atoms with E-state index < -0.39 is 0 Å². The van der Waals surface area contributed by atoms with Crippen LogP contribution in [-0.4, -0.2) is 35.0 Å². The van der Waals surface area contributed by atoms with Crippen LogP contribution in [0.25, 0.3) is 22.4 Å². The number of imidazole rings is 1. The molecule has 0 spiro atoms. The third-order valence-corrected chi connectivity index (χ3v) is 4.54. The van der Waals surface area contributed by atoms with Gasteiger partial charge >= 0.3 is 0 Å². The summed E-state index contributed by atoms with van der Waals surface area (Å²) in [6.07, 6.45) is 1.65. The van der Waals surface area contributed by atoms with Crippen molar-refractivity contribution in [2.75, 3.05) is 19.0 Å². The first-order valence-electron chi connectivity index (χ1n) is 9.06. The smallest absolute Gasteiger partial charge is 0.251 e. The SMILES string of the molecule is CN(C)c1cc(C(=O)NCc2ccc(-c3nc4ccccc4[nH]3)cc2)ccn1. The van der Waals surface area contributed by atoms with E-state index >= 15 is 0 Å². The fourth-order valence-corrected chi connectivity index (χ4v) is 2.96.